The second-order valence-corrected chi connectivity index (χ2v) is 8.65. The monoisotopic (exact) mass is 447 g/mol. The van der Waals surface area contributed by atoms with Crippen LogP contribution < -0.4 is 5.73 Å². The van der Waals surface area contributed by atoms with Crippen LogP contribution in [0, 0.1) is 0 Å². The van der Waals surface area contributed by atoms with Gasteiger partial charge in [-0.15, -0.1) is 0 Å². The highest BCUT2D eigenvalue weighted by atomic mass is 32.2. The van der Waals surface area contributed by atoms with Crippen molar-refractivity contribution in [2.75, 3.05) is 11.5 Å². The smallest absolute Gasteiger partial charge is 0.191 e. The highest BCUT2D eigenvalue weighted by Crippen LogP contribution is 2.29. The molecule has 0 radical (unpaired) electrons. The zero-order valence-corrected chi connectivity index (χ0v) is 19.2. The third kappa shape index (κ3) is 5.40. The molecule has 0 saturated carbocycles. The van der Waals surface area contributed by atoms with Gasteiger partial charge in [-0.2, -0.15) is 0 Å². The average Bonchev–Trinajstić information content (AvgIpc) is 3.46. The summed E-state index contributed by atoms with van der Waals surface area (Å²) in [5.74, 6) is 2.80. The van der Waals surface area contributed by atoms with Crippen molar-refractivity contribution in [3.8, 4) is 11.6 Å². The zero-order chi connectivity index (χ0) is 22.2. The topological polar surface area (TPSA) is 82.8 Å². The number of nitrogen functional groups attached to an aromatic ring is 1. The fraction of sp³-hybridized carbons (Fsp3) is 0.320. The lowest BCUT2D eigenvalue weighted by atomic mass is 10.1. The highest BCUT2D eigenvalue weighted by molar-refractivity contribution is 7.99. The Hall–Kier alpha value is -3.06. The van der Waals surface area contributed by atoms with Crippen molar-refractivity contribution in [1.82, 2.24) is 19.5 Å². The van der Waals surface area contributed by atoms with E-state index in [4.69, 9.17) is 20.1 Å². The quantitative estimate of drug-likeness (QED) is 0.129. The molecule has 0 aliphatic heterocycles. The molecular formula is C25H29N5OS. The third-order valence-electron chi connectivity index (χ3n) is 5.18. The number of hydrogen-bond donors (Lipinski definition) is 1. The summed E-state index contributed by atoms with van der Waals surface area (Å²) in [7, 11) is 0. The molecular weight excluding hydrogens is 418 g/mol. The maximum absolute atomic E-state index is 6.30. The van der Waals surface area contributed by atoms with E-state index in [1.165, 1.54) is 5.56 Å². The SMILES string of the molecule is CC/C=C/CCCn1c(-c2ccco2)nc2c(N)nc(SCCCc3ccccc3)nc21. The number of furan rings is 1. The molecule has 0 atom stereocenters. The number of benzene rings is 1. The van der Waals surface area contributed by atoms with Crippen molar-refractivity contribution in [1.29, 1.82) is 0 Å². The lowest BCUT2D eigenvalue weighted by Gasteiger charge is -2.07. The van der Waals surface area contributed by atoms with Gasteiger partial charge in [0.15, 0.2) is 33.7 Å². The molecule has 6 nitrogen and oxygen atoms in total. The summed E-state index contributed by atoms with van der Waals surface area (Å²) in [4.78, 5) is 14.1. The second-order valence-electron chi connectivity index (χ2n) is 7.59. The first-order chi connectivity index (χ1) is 15.8. The number of rotatable bonds is 11. The first-order valence-corrected chi connectivity index (χ1v) is 12.1. The van der Waals surface area contributed by atoms with Gasteiger partial charge in [0.1, 0.15) is 0 Å². The van der Waals surface area contributed by atoms with Gasteiger partial charge < -0.3 is 14.7 Å². The molecule has 4 rings (SSSR count). The van der Waals surface area contributed by atoms with Gasteiger partial charge >= 0.3 is 0 Å². The van der Waals surface area contributed by atoms with E-state index in [-0.39, 0.29) is 0 Å². The van der Waals surface area contributed by atoms with Gasteiger partial charge in [0.05, 0.1) is 6.26 Å². The summed E-state index contributed by atoms with van der Waals surface area (Å²) in [5, 5.41) is 0.695. The van der Waals surface area contributed by atoms with Crippen LogP contribution in [0.1, 0.15) is 38.2 Å². The minimum absolute atomic E-state index is 0.415. The van der Waals surface area contributed by atoms with Crippen LogP contribution in [0.25, 0.3) is 22.7 Å². The number of aryl methyl sites for hydroxylation is 2. The van der Waals surface area contributed by atoms with E-state index in [2.05, 4.69) is 52.9 Å². The number of hydrogen-bond acceptors (Lipinski definition) is 6. The van der Waals surface area contributed by atoms with Gasteiger partial charge in [0.25, 0.3) is 0 Å². The Labute approximate surface area is 193 Å². The van der Waals surface area contributed by atoms with Crippen LogP contribution in [0.4, 0.5) is 5.82 Å². The van der Waals surface area contributed by atoms with E-state index < -0.39 is 0 Å². The largest absolute Gasteiger partial charge is 0.461 e. The van der Waals surface area contributed by atoms with Crippen LogP contribution in [0.3, 0.4) is 0 Å². The summed E-state index contributed by atoms with van der Waals surface area (Å²) in [6.07, 6.45) is 11.2. The zero-order valence-electron chi connectivity index (χ0n) is 18.4. The van der Waals surface area contributed by atoms with Gasteiger partial charge in [-0.05, 0) is 49.8 Å². The molecule has 3 aromatic heterocycles. The molecule has 0 fully saturated rings. The van der Waals surface area contributed by atoms with Crippen LogP contribution in [-0.4, -0.2) is 25.3 Å². The molecule has 0 unspecified atom stereocenters. The predicted octanol–water partition coefficient (Wildman–Crippen LogP) is 6.14. The number of nitrogens with two attached hydrogens (primary N) is 1. The molecule has 0 aliphatic rings. The number of thioether (sulfide) groups is 1. The minimum atomic E-state index is 0.415. The molecule has 32 heavy (non-hydrogen) atoms. The van der Waals surface area contributed by atoms with Gasteiger partial charge in [0.2, 0.25) is 0 Å². The molecule has 7 heteroatoms. The van der Waals surface area contributed by atoms with Crippen molar-refractivity contribution < 1.29 is 4.42 Å². The van der Waals surface area contributed by atoms with Crippen LogP contribution in [0.15, 0.2) is 70.5 Å². The van der Waals surface area contributed by atoms with E-state index in [1.807, 2.05) is 18.2 Å². The fourth-order valence-corrected chi connectivity index (χ4v) is 4.39. The van der Waals surface area contributed by atoms with E-state index in [1.54, 1.807) is 18.0 Å². The lowest BCUT2D eigenvalue weighted by Crippen LogP contribution is -2.03. The van der Waals surface area contributed by atoms with Gasteiger partial charge in [-0.3, -0.25) is 0 Å². The first kappa shape index (κ1) is 22.1. The average molecular weight is 448 g/mol. The van der Waals surface area contributed by atoms with Crippen LogP contribution >= 0.6 is 11.8 Å². The third-order valence-corrected chi connectivity index (χ3v) is 6.11. The molecule has 4 aromatic rings. The Kier molecular flexibility index (Phi) is 7.61. The van der Waals surface area contributed by atoms with Crippen molar-refractivity contribution in [2.24, 2.45) is 0 Å². The van der Waals surface area contributed by atoms with Crippen LogP contribution in [0.5, 0.6) is 0 Å². The van der Waals surface area contributed by atoms with Crippen LogP contribution in [-0.2, 0) is 13.0 Å². The van der Waals surface area contributed by atoms with E-state index in [0.717, 1.165) is 55.9 Å². The molecule has 3 heterocycles. The van der Waals surface area contributed by atoms with Gasteiger partial charge in [0, 0.05) is 12.3 Å². The molecule has 0 aliphatic carbocycles. The lowest BCUT2D eigenvalue weighted by molar-refractivity contribution is 0.566. The Morgan fingerprint density at radius 3 is 2.69 bits per heavy atom. The van der Waals surface area contributed by atoms with Crippen molar-refractivity contribution in [3.63, 3.8) is 0 Å². The molecule has 0 amide bonds. The molecule has 0 bridgehead atoms. The van der Waals surface area contributed by atoms with Crippen molar-refractivity contribution in [3.05, 3.63) is 66.4 Å². The molecule has 166 valence electrons. The maximum atomic E-state index is 6.30. The summed E-state index contributed by atoms with van der Waals surface area (Å²) >= 11 is 1.64. The Bertz CT molecular complexity index is 1150. The summed E-state index contributed by atoms with van der Waals surface area (Å²) in [6, 6.07) is 14.3. The summed E-state index contributed by atoms with van der Waals surface area (Å²) < 4.78 is 7.75. The van der Waals surface area contributed by atoms with Crippen molar-refractivity contribution >= 4 is 28.7 Å². The van der Waals surface area contributed by atoms with Crippen LogP contribution in [0.2, 0.25) is 0 Å². The molecule has 0 spiro atoms. The second kappa shape index (κ2) is 11.0. The van der Waals surface area contributed by atoms with Gasteiger partial charge in [-0.1, -0.05) is 61.2 Å². The minimum Gasteiger partial charge on any atom is -0.461 e. The molecule has 0 saturated heterocycles. The predicted molar refractivity (Wildman–Crippen MR) is 132 cm³/mol. The Morgan fingerprint density at radius 1 is 1.03 bits per heavy atom. The van der Waals surface area contributed by atoms with Gasteiger partial charge in [-0.25, -0.2) is 15.0 Å². The number of nitrogens with zero attached hydrogens (tertiary/aromatic N) is 4. The summed E-state index contributed by atoms with van der Waals surface area (Å²) in [6.45, 7) is 2.93. The molecule has 2 N–H and O–H groups in total. The normalized spacial score (nSPS) is 11.7. The number of aromatic nitrogens is 4. The number of fused-ring (bicyclic) bond motifs is 1. The Balaban J connectivity index is 1.53. The van der Waals surface area contributed by atoms with E-state index in [0.29, 0.717) is 22.3 Å². The maximum Gasteiger partial charge on any atom is 0.191 e. The number of allylic oxidation sites excluding steroid dienone is 2. The van der Waals surface area contributed by atoms with E-state index >= 15 is 0 Å². The van der Waals surface area contributed by atoms with E-state index in [9.17, 15) is 0 Å². The Morgan fingerprint density at radius 2 is 1.91 bits per heavy atom. The number of imidazole rings is 1. The summed E-state index contributed by atoms with van der Waals surface area (Å²) in [5.41, 5.74) is 9.06. The highest BCUT2D eigenvalue weighted by Gasteiger charge is 2.19. The van der Waals surface area contributed by atoms with Crippen molar-refractivity contribution in [2.45, 2.75) is 50.7 Å². The standard InChI is InChI=1S/C25H29N5OS/c1-2-3-4-5-9-16-30-23(20-15-10-17-31-20)27-21-22(26)28-25(29-24(21)30)32-18-11-14-19-12-7-6-8-13-19/h3-4,6-8,10,12-13,15,17H,2,5,9,11,14,16,18H2,1H3,(H2,26,28,29)/b4-3+. The molecule has 1 aromatic carbocycles. The fourth-order valence-electron chi connectivity index (χ4n) is 3.61. The first-order valence-electron chi connectivity index (χ1n) is 11.2. The number of anilines is 1. The number of unbranched alkanes of at least 4 members (excludes halogenated alkanes) is 1.